The molecule has 0 aromatic rings. The van der Waals surface area contributed by atoms with E-state index in [1.807, 2.05) is 0 Å². The van der Waals surface area contributed by atoms with Crippen LogP contribution in [0.15, 0.2) is 0 Å². The van der Waals surface area contributed by atoms with Crippen molar-refractivity contribution in [3.63, 3.8) is 0 Å². The molecule has 0 atom stereocenters. The van der Waals surface area contributed by atoms with Crippen LogP contribution in [0.25, 0.3) is 0 Å². The van der Waals surface area contributed by atoms with Crippen molar-refractivity contribution >= 4 is 136 Å². The van der Waals surface area contributed by atoms with Crippen molar-refractivity contribution in [2.24, 2.45) is 0 Å². The summed E-state index contributed by atoms with van der Waals surface area (Å²) in [5.74, 6) is 0. The summed E-state index contributed by atoms with van der Waals surface area (Å²) in [6.45, 7) is 0. The summed E-state index contributed by atoms with van der Waals surface area (Å²) in [5.41, 5.74) is 0. The van der Waals surface area contributed by atoms with E-state index >= 15 is 0 Å². The first-order valence-electron chi connectivity index (χ1n) is 2.22. The molecule has 3 N–H and O–H groups in total. The van der Waals surface area contributed by atoms with Gasteiger partial charge in [0, 0.05) is 0 Å². The zero-order valence-corrected chi connectivity index (χ0v) is 16.7. The standard InChI is InChI=1S/CH2O3.3Ca.H3O4P.O4Si/c2-1(3)4;;;;2*1-5(2,3)4/h(H2,2,3,4);;;;(H3,1,2,3,4);/q;3*+2;;-4/p-2. The molecule has 0 saturated heterocycles. The van der Waals surface area contributed by atoms with Gasteiger partial charge in [0.05, 0.1) is 7.82 Å². The third-order valence-corrected chi connectivity index (χ3v) is 0. The first kappa shape index (κ1) is 36.9. The summed E-state index contributed by atoms with van der Waals surface area (Å²) in [6.07, 6.45) is -1.83. The Morgan fingerprint density at radius 1 is 0.941 bits per heavy atom. The number of hydrogen-bond acceptors (Lipinski definition) is 8. The van der Waals surface area contributed by atoms with Gasteiger partial charge in [-0.1, -0.05) is 0 Å². The minimum absolute atomic E-state index is 0. The maximum absolute atomic E-state index is 8.66. The van der Waals surface area contributed by atoms with Gasteiger partial charge in [0.15, 0.2) is 0 Å². The molecule has 0 fully saturated rings. The Morgan fingerprint density at radius 3 is 0.941 bits per heavy atom. The van der Waals surface area contributed by atoms with Crippen molar-refractivity contribution < 1.29 is 53.4 Å². The quantitative estimate of drug-likeness (QED) is 0.267. The van der Waals surface area contributed by atoms with Crippen LogP contribution in [0.5, 0.6) is 0 Å². The SMILES string of the molecule is O=C(O)O.O=P([O-])([O-])O.[Ca+2].[Ca+2].[Ca+2].[O-][Si]([O-])([O-])[O-]. The Morgan fingerprint density at radius 2 is 0.941 bits per heavy atom. The monoisotopic (exact) mass is 370 g/mol. The maximum atomic E-state index is 8.66. The van der Waals surface area contributed by atoms with Crippen molar-refractivity contribution in [2.45, 2.75) is 0 Å². The van der Waals surface area contributed by atoms with Gasteiger partial charge < -0.3 is 57.7 Å². The predicted octanol–water partition coefficient (Wildman–Crippen LogP) is -8.25. The molecule has 0 aromatic heterocycles. The first-order chi connectivity index (χ1) is 5.73. The number of hydrogen-bond donors (Lipinski definition) is 3. The molecule has 16 heteroatoms. The molecule has 0 saturated carbocycles. The summed E-state index contributed by atoms with van der Waals surface area (Å²) in [4.78, 5) is 67.1. The molecule has 0 aliphatic carbocycles. The Balaban J connectivity index is -0.0000000247. The van der Waals surface area contributed by atoms with E-state index in [2.05, 4.69) is 0 Å². The fourth-order valence-electron chi connectivity index (χ4n) is 0. The first-order valence-corrected chi connectivity index (χ1v) is 5.34. The second kappa shape index (κ2) is 19.2. The fourth-order valence-corrected chi connectivity index (χ4v) is 0. The minimum atomic E-state index is -5.61. The van der Waals surface area contributed by atoms with E-state index in [-0.39, 0.29) is 113 Å². The number of carboxylic acid groups (broad SMARTS) is 2. The minimum Gasteiger partial charge on any atom is -0.894 e. The van der Waals surface area contributed by atoms with Crippen LogP contribution in [0.4, 0.5) is 4.79 Å². The van der Waals surface area contributed by atoms with Gasteiger partial charge in [0.1, 0.15) is 0 Å². The van der Waals surface area contributed by atoms with Crippen LogP contribution in [0.2, 0.25) is 0 Å². The topological polar surface area (TPSA) is 233 Å². The third kappa shape index (κ3) is 551. The molecule has 0 amide bonds. The molecule has 0 spiro atoms. The van der Waals surface area contributed by atoms with Crippen LogP contribution in [0.3, 0.4) is 0 Å². The van der Waals surface area contributed by atoms with Gasteiger partial charge in [-0.25, -0.2) is 4.79 Å². The zero-order chi connectivity index (χ0) is 12.6. The van der Waals surface area contributed by atoms with Crippen molar-refractivity contribution in [1.82, 2.24) is 0 Å². The van der Waals surface area contributed by atoms with Crippen LogP contribution in [0.1, 0.15) is 0 Å². The van der Waals surface area contributed by atoms with E-state index in [4.69, 9.17) is 53.4 Å². The molecule has 0 unspecified atom stereocenters. The smallest absolute Gasteiger partial charge is 0.894 e. The summed E-state index contributed by atoms with van der Waals surface area (Å²) in [7, 11) is -10.8. The van der Waals surface area contributed by atoms with E-state index < -0.39 is 23.0 Å². The van der Waals surface area contributed by atoms with Gasteiger partial charge in [0.25, 0.3) is 0 Å². The summed E-state index contributed by atoms with van der Waals surface area (Å²) >= 11 is 0. The van der Waals surface area contributed by atoms with Crippen molar-refractivity contribution in [3.05, 3.63) is 0 Å². The van der Waals surface area contributed by atoms with Crippen LogP contribution in [-0.4, -0.2) is 144 Å². The average molecular weight is 370 g/mol. The zero-order valence-electron chi connectivity index (χ0n) is 8.18. The van der Waals surface area contributed by atoms with Gasteiger partial charge in [-0.3, -0.25) is 0 Å². The van der Waals surface area contributed by atoms with Crippen molar-refractivity contribution in [1.29, 1.82) is 0 Å². The van der Waals surface area contributed by atoms with Gasteiger partial charge in [-0.15, -0.1) is 0 Å². The Kier molecular flexibility index (Phi) is 41.8. The molecule has 88 valence electrons. The van der Waals surface area contributed by atoms with Gasteiger partial charge in [0.2, 0.25) is 0 Å². The van der Waals surface area contributed by atoms with Crippen LogP contribution in [0, 0.1) is 0 Å². The third-order valence-electron chi connectivity index (χ3n) is 0. The molecular weight excluding hydrogens is 367 g/mol. The molecule has 0 rings (SSSR count). The second-order valence-corrected chi connectivity index (χ2v) is 3.19. The summed E-state index contributed by atoms with van der Waals surface area (Å²) in [5, 5.41) is 13.9. The second-order valence-electron chi connectivity index (χ2n) is 1.25. The van der Waals surface area contributed by atoms with Crippen LogP contribution >= 0.6 is 7.82 Å². The van der Waals surface area contributed by atoms with E-state index in [9.17, 15) is 0 Å². The van der Waals surface area contributed by atoms with E-state index in [0.717, 1.165) is 0 Å². The van der Waals surface area contributed by atoms with E-state index in [1.54, 1.807) is 0 Å². The molecular formula is CH3Ca3O11PSi. The van der Waals surface area contributed by atoms with Crippen molar-refractivity contribution in [2.75, 3.05) is 0 Å². The van der Waals surface area contributed by atoms with Crippen LogP contribution < -0.4 is 29.0 Å². The predicted molar refractivity (Wildman–Crippen MR) is 43.5 cm³/mol. The summed E-state index contributed by atoms with van der Waals surface area (Å²) < 4.78 is 8.66. The summed E-state index contributed by atoms with van der Waals surface area (Å²) in [6, 6.07) is 0. The Labute approximate surface area is 186 Å². The molecule has 11 nitrogen and oxygen atoms in total. The molecule has 0 aliphatic rings. The van der Waals surface area contributed by atoms with Crippen molar-refractivity contribution in [3.8, 4) is 0 Å². The van der Waals surface area contributed by atoms with Crippen LogP contribution in [-0.2, 0) is 4.57 Å². The Hall–Kier alpha value is 3.22. The van der Waals surface area contributed by atoms with E-state index in [1.165, 1.54) is 0 Å². The molecule has 0 heterocycles. The number of phosphoric acid groups is 1. The molecule has 0 radical (unpaired) electrons. The molecule has 0 bridgehead atoms. The molecule has 0 aromatic carbocycles. The van der Waals surface area contributed by atoms with E-state index in [0.29, 0.717) is 0 Å². The molecule has 17 heavy (non-hydrogen) atoms. The van der Waals surface area contributed by atoms with Gasteiger partial charge >= 0.3 is 119 Å². The Bertz CT molecular complexity index is 179. The average Bonchev–Trinajstić information content (AvgIpc) is 1.45. The number of carbonyl (C=O) groups is 1. The maximum Gasteiger partial charge on any atom is 2.00 e. The van der Waals surface area contributed by atoms with Gasteiger partial charge in [-0.05, 0) is 0 Å². The molecule has 0 aliphatic heterocycles. The van der Waals surface area contributed by atoms with Gasteiger partial charge in [-0.2, -0.15) is 0 Å². The largest absolute Gasteiger partial charge is 2.00 e. The normalized spacial score (nSPS) is 8.41. The fraction of sp³-hybridized carbons (Fsp3) is 0. The number of rotatable bonds is 0.